The van der Waals surface area contributed by atoms with Gasteiger partial charge in [-0.1, -0.05) is 13.8 Å². The Labute approximate surface area is 101 Å². The molecule has 1 amide bonds. The SMILES string of the molecule is CC(C)C(CC(=O)O)N1CC(CCl)CC1=O. The summed E-state index contributed by atoms with van der Waals surface area (Å²) in [6, 6.07) is -0.210. The summed E-state index contributed by atoms with van der Waals surface area (Å²) in [7, 11) is 0. The van der Waals surface area contributed by atoms with Gasteiger partial charge in [0.05, 0.1) is 6.42 Å². The number of halogens is 1. The average Bonchev–Trinajstić information content (AvgIpc) is 2.55. The molecular formula is C11H18ClNO3. The van der Waals surface area contributed by atoms with Gasteiger partial charge < -0.3 is 10.0 Å². The second-order valence-electron chi connectivity index (χ2n) is 4.68. The molecule has 5 heteroatoms. The molecule has 0 aromatic carbocycles. The average molecular weight is 248 g/mol. The van der Waals surface area contributed by atoms with Crippen LogP contribution in [0, 0.1) is 11.8 Å². The van der Waals surface area contributed by atoms with Crippen molar-refractivity contribution in [2.45, 2.75) is 32.7 Å². The minimum Gasteiger partial charge on any atom is -0.481 e. The lowest BCUT2D eigenvalue weighted by molar-refractivity contribution is -0.140. The predicted octanol–water partition coefficient (Wildman–Crippen LogP) is 1.57. The highest BCUT2D eigenvalue weighted by Gasteiger charge is 2.35. The zero-order valence-electron chi connectivity index (χ0n) is 9.65. The molecule has 4 nitrogen and oxygen atoms in total. The van der Waals surface area contributed by atoms with Gasteiger partial charge in [-0.2, -0.15) is 0 Å². The molecule has 1 rings (SSSR count). The summed E-state index contributed by atoms with van der Waals surface area (Å²) in [4.78, 5) is 24.2. The monoisotopic (exact) mass is 247 g/mol. The van der Waals surface area contributed by atoms with Gasteiger partial charge in [0, 0.05) is 24.9 Å². The van der Waals surface area contributed by atoms with Gasteiger partial charge >= 0.3 is 5.97 Å². The number of carboxylic acids is 1. The first-order chi connectivity index (χ1) is 7.45. The fourth-order valence-corrected chi connectivity index (χ4v) is 2.32. The Morgan fingerprint density at radius 3 is 2.62 bits per heavy atom. The van der Waals surface area contributed by atoms with Crippen LogP contribution in [0.3, 0.4) is 0 Å². The fourth-order valence-electron chi connectivity index (χ4n) is 2.12. The normalized spacial score (nSPS) is 22.9. The molecule has 0 aromatic rings. The summed E-state index contributed by atoms with van der Waals surface area (Å²) in [5.41, 5.74) is 0. The molecule has 2 unspecified atom stereocenters. The molecular weight excluding hydrogens is 230 g/mol. The Morgan fingerprint density at radius 1 is 1.62 bits per heavy atom. The van der Waals surface area contributed by atoms with E-state index in [1.54, 1.807) is 4.90 Å². The van der Waals surface area contributed by atoms with E-state index in [-0.39, 0.29) is 30.2 Å². The summed E-state index contributed by atoms with van der Waals surface area (Å²) in [6.45, 7) is 4.47. The van der Waals surface area contributed by atoms with Gasteiger partial charge in [-0.3, -0.25) is 9.59 Å². The third-order valence-electron chi connectivity index (χ3n) is 3.01. The van der Waals surface area contributed by atoms with Gasteiger partial charge in [0.15, 0.2) is 0 Å². The third kappa shape index (κ3) is 3.11. The van der Waals surface area contributed by atoms with E-state index in [2.05, 4.69) is 0 Å². The molecule has 1 aliphatic rings. The molecule has 0 aliphatic carbocycles. The Hall–Kier alpha value is -0.770. The smallest absolute Gasteiger partial charge is 0.305 e. The van der Waals surface area contributed by atoms with Crippen molar-refractivity contribution in [1.82, 2.24) is 4.90 Å². The Bertz CT molecular complexity index is 280. The summed E-state index contributed by atoms with van der Waals surface area (Å²) >= 11 is 5.73. The highest BCUT2D eigenvalue weighted by atomic mass is 35.5. The zero-order chi connectivity index (χ0) is 12.3. The van der Waals surface area contributed by atoms with E-state index in [9.17, 15) is 9.59 Å². The quantitative estimate of drug-likeness (QED) is 0.751. The van der Waals surface area contributed by atoms with Crippen LogP contribution in [-0.4, -0.2) is 40.3 Å². The first kappa shape index (κ1) is 13.3. The number of hydrogen-bond acceptors (Lipinski definition) is 2. The van der Waals surface area contributed by atoms with Crippen LogP contribution in [0.15, 0.2) is 0 Å². The van der Waals surface area contributed by atoms with Crippen molar-refractivity contribution in [1.29, 1.82) is 0 Å². The lowest BCUT2D eigenvalue weighted by Gasteiger charge is -2.30. The Balaban J connectivity index is 2.71. The highest BCUT2D eigenvalue weighted by molar-refractivity contribution is 6.18. The first-order valence-electron chi connectivity index (χ1n) is 5.53. The molecule has 1 heterocycles. The first-order valence-corrected chi connectivity index (χ1v) is 6.06. The van der Waals surface area contributed by atoms with Gasteiger partial charge in [0.1, 0.15) is 0 Å². The van der Waals surface area contributed by atoms with E-state index in [0.717, 1.165) is 0 Å². The van der Waals surface area contributed by atoms with Gasteiger partial charge in [-0.15, -0.1) is 11.6 Å². The van der Waals surface area contributed by atoms with Crippen LogP contribution in [0.25, 0.3) is 0 Å². The number of likely N-dealkylation sites (tertiary alicyclic amines) is 1. The molecule has 1 N–H and O–H groups in total. The minimum atomic E-state index is -0.860. The lowest BCUT2D eigenvalue weighted by atomic mass is 9.99. The van der Waals surface area contributed by atoms with E-state index in [1.807, 2.05) is 13.8 Å². The molecule has 0 saturated carbocycles. The Kier molecular flexibility index (Phi) is 4.59. The van der Waals surface area contributed by atoms with E-state index in [0.29, 0.717) is 18.8 Å². The van der Waals surface area contributed by atoms with Crippen LogP contribution in [0.1, 0.15) is 26.7 Å². The van der Waals surface area contributed by atoms with Crippen molar-refractivity contribution in [2.75, 3.05) is 12.4 Å². The molecule has 0 spiro atoms. The largest absolute Gasteiger partial charge is 0.481 e. The minimum absolute atomic E-state index is 0.0123. The van der Waals surface area contributed by atoms with Crippen LogP contribution < -0.4 is 0 Å². The zero-order valence-corrected chi connectivity index (χ0v) is 10.4. The van der Waals surface area contributed by atoms with Gasteiger partial charge in [-0.25, -0.2) is 0 Å². The van der Waals surface area contributed by atoms with Gasteiger partial charge in [0.2, 0.25) is 5.91 Å². The van der Waals surface area contributed by atoms with Crippen LogP contribution in [-0.2, 0) is 9.59 Å². The number of rotatable bonds is 5. The van der Waals surface area contributed by atoms with Crippen LogP contribution in [0.5, 0.6) is 0 Å². The maximum Gasteiger partial charge on any atom is 0.305 e. The van der Waals surface area contributed by atoms with Gasteiger partial charge in [0.25, 0.3) is 0 Å². The molecule has 92 valence electrons. The van der Waals surface area contributed by atoms with Crippen LogP contribution >= 0.6 is 11.6 Å². The number of carbonyl (C=O) groups excluding carboxylic acids is 1. The Morgan fingerprint density at radius 2 is 2.25 bits per heavy atom. The number of alkyl halides is 1. The van der Waals surface area contributed by atoms with Crippen molar-refractivity contribution in [2.24, 2.45) is 11.8 Å². The van der Waals surface area contributed by atoms with Crippen molar-refractivity contribution < 1.29 is 14.7 Å². The van der Waals surface area contributed by atoms with E-state index in [1.165, 1.54) is 0 Å². The third-order valence-corrected chi connectivity index (χ3v) is 3.45. The van der Waals surface area contributed by atoms with E-state index < -0.39 is 5.97 Å². The van der Waals surface area contributed by atoms with E-state index >= 15 is 0 Å². The molecule has 1 aliphatic heterocycles. The maximum atomic E-state index is 11.7. The summed E-state index contributed by atoms with van der Waals surface area (Å²) in [5.74, 6) is -0.0510. The second kappa shape index (κ2) is 5.53. The van der Waals surface area contributed by atoms with E-state index in [4.69, 9.17) is 16.7 Å². The number of nitrogens with zero attached hydrogens (tertiary/aromatic N) is 1. The summed E-state index contributed by atoms with van der Waals surface area (Å²) in [6.07, 6.45) is 0.463. The van der Waals surface area contributed by atoms with Crippen molar-refractivity contribution in [3.8, 4) is 0 Å². The van der Waals surface area contributed by atoms with Crippen molar-refractivity contribution in [3.63, 3.8) is 0 Å². The molecule has 1 saturated heterocycles. The summed E-state index contributed by atoms with van der Waals surface area (Å²) in [5, 5.41) is 8.84. The maximum absolute atomic E-state index is 11.7. The molecule has 0 bridgehead atoms. The molecule has 1 fully saturated rings. The topological polar surface area (TPSA) is 57.6 Å². The molecule has 0 aromatic heterocycles. The number of aliphatic carboxylic acids is 1. The number of amides is 1. The fraction of sp³-hybridized carbons (Fsp3) is 0.818. The molecule has 2 atom stereocenters. The van der Waals surface area contributed by atoms with Crippen molar-refractivity contribution >= 4 is 23.5 Å². The second-order valence-corrected chi connectivity index (χ2v) is 4.99. The molecule has 0 radical (unpaired) electrons. The van der Waals surface area contributed by atoms with Crippen LogP contribution in [0.2, 0.25) is 0 Å². The number of carboxylic acid groups (broad SMARTS) is 1. The molecule has 16 heavy (non-hydrogen) atoms. The van der Waals surface area contributed by atoms with Crippen LogP contribution in [0.4, 0.5) is 0 Å². The number of carbonyl (C=O) groups is 2. The van der Waals surface area contributed by atoms with Crippen molar-refractivity contribution in [3.05, 3.63) is 0 Å². The summed E-state index contributed by atoms with van der Waals surface area (Å²) < 4.78 is 0. The standard InChI is InChI=1S/C11H18ClNO3/c1-7(2)9(4-11(15)16)13-6-8(5-12)3-10(13)14/h7-9H,3-6H2,1-2H3,(H,15,16). The van der Waals surface area contributed by atoms with Gasteiger partial charge in [-0.05, 0) is 11.8 Å². The lowest BCUT2D eigenvalue weighted by Crippen LogP contribution is -2.41. The predicted molar refractivity (Wildman–Crippen MR) is 61.4 cm³/mol. The number of hydrogen-bond donors (Lipinski definition) is 1. The highest BCUT2D eigenvalue weighted by Crippen LogP contribution is 2.25.